The minimum atomic E-state index is -0.719. The summed E-state index contributed by atoms with van der Waals surface area (Å²) in [5, 5.41) is 44.8. The molecule has 76 heavy (non-hydrogen) atoms. The van der Waals surface area contributed by atoms with E-state index in [1.165, 1.54) is 38.8 Å². The highest BCUT2D eigenvalue weighted by Gasteiger charge is 2.48. The van der Waals surface area contributed by atoms with E-state index in [1.54, 1.807) is 0 Å². The second-order valence-electron chi connectivity index (χ2n) is 24.8. The van der Waals surface area contributed by atoms with Gasteiger partial charge in [0.25, 0.3) is 0 Å². The van der Waals surface area contributed by atoms with E-state index in [1.807, 2.05) is 9.80 Å². The Hall–Kier alpha value is -2.03. The van der Waals surface area contributed by atoms with Crippen molar-refractivity contribution in [3.63, 3.8) is 0 Å². The average molecular weight is 1080 g/mol. The Morgan fingerprint density at radius 3 is 1.41 bits per heavy atom. The van der Waals surface area contributed by atoms with Crippen molar-refractivity contribution in [2.75, 3.05) is 151 Å². The van der Waals surface area contributed by atoms with Gasteiger partial charge < -0.3 is 40.2 Å². The molecule has 2 atom stereocenters. The highest BCUT2D eigenvalue weighted by molar-refractivity contribution is 5.76. The Bertz CT molecular complexity index is 1540. The fourth-order valence-corrected chi connectivity index (χ4v) is 11.6. The fraction of sp³-hybridized carbons (Fsp3) is 0.949. The summed E-state index contributed by atoms with van der Waals surface area (Å²) in [5.74, 6) is 0.618. The highest BCUT2D eigenvalue weighted by Crippen LogP contribution is 2.48. The number of rotatable bonds is 19. The van der Waals surface area contributed by atoms with Crippen LogP contribution in [0.4, 0.5) is 0 Å². The molecule has 1 saturated carbocycles. The Morgan fingerprint density at radius 1 is 0.539 bits per heavy atom. The van der Waals surface area contributed by atoms with Crippen LogP contribution in [0.25, 0.3) is 0 Å². The predicted octanol–water partition coefficient (Wildman–Crippen LogP) is 5.61. The van der Waals surface area contributed by atoms with E-state index in [0.29, 0.717) is 67.5 Å². The first-order valence-electron chi connectivity index (χ1n) is 30.4. The van der Waals surface area contributed by atoms with Crippen molar-refractivity contribution in [2.24, 2.45) is 23.7 Å². The number of carbonyl (C=O) groups is 3. The van der Waals surface area contributed by atoms with Gasteiger partial charge in [0.2, 0.25) is 5.91 Å². The quantitative estimate of drug-likeness (QED) is 0.108. The summed E-state index contributed by atoms with van der Waals surface area (Å²) in [4.78, 5) is 54.5. The lowest BCUT2D eigenvalue weighted by Gasteiger charge is -2.36. The third-order valence-electron chi connectivity index (χ3n) is 17.1. The first-order valence-corrected chi connectivity index (χ1v) is 30.4. The predicted molar refractivity (Wildman–Crippen MR) is 311 cm³/mol. The van der Waals surface area contributed by atoms with Crippen LogP contribution in [0.5, 0.6) is 0 Å². The molecule has 1 amide bonds. The van der Waals surface area contributed by atoms with Crippen LogP contribution in [-0.2, 0) is 14.4 Å². The maximum Gasteiger partial charge on any atom is 0.317 e. The van der Waals surface area contributed by atoms with E-state index in [0.717, 1.165) is 137 Å². The van der Waals surface area contributed by atoms with Crippen molar-refractivity contribution in [1.29, 1.82) is 0 Å². The number of nitrogens with zero attached hydrogens (tertiary/aromatic N) is 9. The molecule has 1 aliphatic carbocycles. The van der Waals surface area contributed by atoms with Gasteiger partial charge in [0.1, 0.15) is 0 Å². The molecule has 0 aromatic rings. The van der Waals surface area contributed by atoms with Crippen molar-refractivity contribution < 1.29 is 39.9 Å². The zero-order valence-corrected chi connectivity index (χ0v) is 51.0. The number of aliphatic hydroxyl groups excluding tert-OH is 3. The summed E-state index contributed by atoms with van der Waals surface area (Å²) in [7, 11) is 0. The molecule has 0 spiro atoms. The molecule has 17 heteroatoms. The van der Waals surface area contributed by atoms with Gasteiger partial charge in [0.15, 0.2) is 0 Å². The summed E-state index contributed by atoms with van der Waals surface area (Å²) in [6.45, 7) is 49.0. The molecule has 0 bridgehead atoms. The van der Waals surface area contributed by atoms with E-state index in [4.69, 9.17) is 20.4 Å². The summed E-state index contributed by atoms with van der Waals surface area (Å²) in [5.41, 5.74) is -0.0625. The lowest BCUT2D eigenvalue weighted by atomic mass is 9.90. The Balaban J connectivity index is 0.000000327. The molecular formula is C59H119N9O8. The first kappa shape index (κ1) is 70.1. The molecule has 6 rings (SSSR count). The van der Waals surface area contributed by atoms with Crippen LogP contribution in [-0.4, -0.2) is 274 Å². The maximum atomic E-state index is 12.2. The number of amides is 1. The largest absolute Gasteiger partial charge is 0.481 e. The lowest BCUT2D eigenvalue weighted by molar-refractivity contribution is -0.139. The summed E-state index contributed by atoms with van der Waals surface area (Å²) >= 11 is 0. The molecule has 6 fully saturated rings. The molecule has 17 nitrogen and oxygen atoms in total. The average Bonchev–Trinajstić information content (AvgIpc) is 4.25. The Morgan fingerprint density at radius 2 is 0.987 bits per heavy atom. The number of aliphatic hydroxyl groups is 3. The second kappa shape index (κ2) is 37.8. The summed E-state index contributed by atoms with van der Waals surface area (Å²) < 4.78 is 0. The normalized spacial score (nSPS) is 23.1. The molecule has 0 aromatic carbocycles. The first-order chi connectivity index (χ1) is 36.0. The van der Waals surface area contributed by atoms with Gasteiger partial charge in [-0.25, -0.2) is 0 Å². The SMILES string of the molecule is CC(C)N1CCC(C2CC2C(=O)O)CC1.CC(C)N1CCCN(C(C)(C)CO)CC1.CC(C)N1CCCN(CC(=O)O)CC1.CC(C)N1CCCN(CCO)CC1.CCCN(CCO)C(=O)CC1CCN(C(C)C)CC1. The third kappa shape index (κ3) is 27.4. The topological polar surface area (TPSA) is 182 Å². The van der Waals surface area contributed by atoms with E-state index >= 15 is 0 Å². The molecule has 6 aliphatic rings. The zero-order chi connectivity index (χ0) is 57.0. The summed E-state index contributed by atoms with van der Waals surface area (Å²) in [6.07, 6.45) is 10.7. The van der Waals surface area contributed by atoms with Gasteiger partial charge in [-0.3, -0.25) is 43.8 Å². The van der Waals surface area contributed by atoms with E-state index in [9.17, 15) is 19.5 Å². The molecule has 5 saturated heterocycles. The van der Waals surface area contributed by atoms with Crippen molar-refractivity contribution >= 4 is 17.8 Å². The maximum absolute atomic E-state index is 12.2. The minimum absolute atomic E-state index is 0.0133. The third-order valence-corrected chi connectivity index (χ3v) is 17.1. The number of aliphatic carboxylic acids is 2. The van der Waals surface area contributed by atoms with Crippen LogP contribution in [0.2, 0.25) is 0 Å². The highest BCUT2D eigenvalue weighted by atomic mass is 16.4. The van der Waals surface area contributed by atoms with Crippen LogP contribution >= 0.6 is 0 Å². The number of hydrogen-bond acceptors (Lipinski definition) is 14. The van der Waals surface area contributed by atoms with Gasteiger partial charge in [-0.15, -0.1) is 0 Å². The van der Waals surface area contributed by atoms with Crippen LogP contribution in [0.1, 0.15) is 154 Å². The van der Waals surface area contributed by atoms with Gasteiger partial charge in [0, 0.05) is 114 Å². The fourth-order valence-electron chi connectivity index (χ4n) is 11.6. The smallest absolute Gasteiger partial charge is 0.317 e. The number of carboxylic acid groups (broad SMARTS) is 2. The molecule has 5 aliphatic heterocycles. The molecule has 5 heterocycles. The monoisotopic (exact) mass is 1080 g/mol. The van der Waals surface area contributed by atoms with Gasteiger partial charge in [-0.2, -0.15) is 0 Å². The Kier molecular flexibility index (Phi) is 34.9. The van der Waals surface area contributed by atoms with Crippen molar-refractivity contribution in [3.05, 3.63) is 0 Å². The molecule has 2 unspecified atom stereocenters. The van der Waals surface area contributed by atoms with Crippen LogP contribution in [0.3, 0.4) is 0 Å². The molecule has 448 valence electrons. The molecule has 0 radical (unpaired) electrons. The molecule has 0 aromatic heterocycles. The number of piperidine rings is 2. The van der Waals surface area contributed by atoms with Crippen LogP contribution in [0.15, 0.2) is 0 Å². The molecule has 5 N–H and O–H groups in total. The molecular weight excluding hydrogens is 963 g/mol. The number of β-amino-alcohol motifs (C(OH)–C–C–N with tert-alkyl or cyclic N) is 1. The number of carboxylic acids is 2. The van der Waals surface area contributed by atoms with Crippen molar-refractivity contribution in [2.45, 2.75) is 190 Å². The Labute approximate surface area is 464 Å². The van der Waals surface area contributed by atoms with E-state index < -0.39 is 11.9 Å². The zero-order valence-electron chi connectivity index (χ0n) is 51.0. The van der Waals surface area contributed by atoms with Crippen molar-refractivity contribution in [3.8, 4) is 0 Å². The van der Waals surface area contributed by atoms with Gasteiger partial charge in [0.05, 0.1) is 32.3 Å². The van der Waals surface area contributed by atoms with Crippen molar-refractivity contribution in [1.82, 2.24) is 44.1 Å². The van der Waals surface area contributed by atoms with E-state index in [2.05, 4.69) is 124 Å². The van der Waals surface area contributed by atoms with Gasteiger partial charge in [-0.05, 0) is 211 Å². The van der Waals surface area contributed by atoms with Gasteiger partial charge in [-0.1, -0.05) is 6.92 Å². The minimum Gasteiger partial charge on any atom is -0.481 e. The number of hydrogen-bond donors (Lipinski definition) is 5. The summed E-state index contributed by atoms with van der Waals surface area (Å²) in [6, 6.07) is 3.12. The second-order valence-corrected chi connectivity index (χ2v) is 24.8. The van der Waals surface area contributed by atoms with Crippen LogP contribution in [0, 0.1) is 23.7 Å². The number of carbonyl (C=O) groups excluding carboxylic acids is 1. The standard InChI is InChI=1S/C15H30N2O2.C12H26N2O.C12H21NO2.C10H20N2O2.C10H22N2O/c1-4-7-17(10-11-18)15(19)12-14-5-8-16(9-6-14)13(2)3;1-11(2)13-6-5-7-14(9-8-13)12(3,4)10-15;1-8(2)13-5-3-9(4-6-13)10-7-11(10)12(14)15;1-9(2)12-5-3-4-11(6-7-12)8-10(13)14;1-10(2)12-5-3-4-11(6-7-12)8-9-13/h13-14,18H,4-12H2,1-3H3;11,15H,5-10H2,1-4H3;8-11H,3-7H2,1-2H3,(H,14,15);9H,3-8H2,1-2H3,(H,13,14);10,13H,3-9H2,1-2H3. The van der Waals surface area contributed by atoms with E-state index in [-0.39, 0.29) is 37.1 Å². The number of likely N-dealkylation sites (tertiary alicyclic amines) is 2. The van der Waals surface area contributed by atoms with Gasteiger partial charge >= 0.3 is 11.9 Å². The van der Waals surface area contributed by atoms with Crippen LogP contribution < -0.4 is 0 Å². The lowest BCUT2D eigenvalue weighted by Crippen LogP contribution is -2.48.